The summed E-state index contributed by atoms with van der Waals surface area (Å²) in [6.45, 7) is 3.56. The number of nitrogens with zero attached hydrogens (tertiary/aromatic N) is 3. The van der Waals surface area contributed by atoms with Gasteiger partial charge in [0.15, 0.2) is 0 Å². The molecule has 1 aromatic carbocycles. The molecule has 1 saturated carbocycles. The van der Waals surface area contributed by atoms with Gasteiger partial charge in [0, 0.05) is 45.1 Å². The van der Waals surface area contributed by atoms with Gasteiger partial charge in [-0.2, -0.15) is 0 Å². The molecule has 34 heavy (non-hydrogen) atoms. The zero-order valence-electron chi connectivity index (χ0n) is 20.3. The fourth-order valence-corrected chi connectivity index (χ4v) is 5.21. The van der Waals surface area contributed by atoms with Gasteiger partial charge in [-0.3, -0.25) is 14.5 Å². The number of aromatic nitrogens is 2. The summed E-state index contributed by atoms with van der Waals surface area (Å²) in [6.07, 6.45) is 11.6. The Balaban J connectivity index is 1.34. The van der Waals surface area contributed by atoms with Gasteiger partial charge in [-0.1, -0.05) is 74.9 Å². The molecule has 1 saturated heterocycles. The lowest BCUT2D eigenvalue weighted by molar-refractivity contribution is -0.133. The Morgan fingerprint density at radius 2 is 1.47 bits per heavy atom. The molecule has 4 rings (SSSR count). The Labute approximate surface area is 202 Å². The first-order valence-corrected chi connectivity index (χ1v) is 13.0. The monoisotopic (exact) mass is 462 g/mol. The second kappa shape index (κ2) is 12.7. The van der Waals surface area contributed by atoms with Crippen LogP contribution in [0.25, 0.3) is 10.9 Å². The third kappa shape index (κ3) is 6.89. The first-order chi connectivity index (χ1) is 16.7. The lowest BCUT2D eigenvalue weighted by Gasteiger charge is -2.39. The summed E-state index contributed by atoms with van der Waals surface area (Å²) in [5.41, 5.74) is 0.459. The zero-order chi connectivity index (χ0) is 23.6. The summed E-state index contributed by atoms with van der Waals surface area (Å²) in [4.78, 5) is 37.6. The van der Waals surface area contributed by atoms with Gasteiger partial charge in [0.2, 0.25) is 5.91 Å². The van der Waals surface area contributed by atoms with Crippen LogP contribution in [0.4, 0.5) is 0 Å². The minimum atomic E-state index is -0.171. The maximum atomic E-state index is 12.9. The number of piperazine rings is 1. The molecule has 0 radical (unpaired) electrons. The van der Waals surface area contributed by atoms with Crippen molar-refractivity contribution in [2.75, 3.05) is 26.2 Å². The van der Waals surface area contributed by atoms with Gasteiger partial charge < -0.3 is 9.88 Å². The molecule has 6 heteroatoms. The number of fused-ring (bicyclic) bond motifs is 1. The Bertz CT molecular complexity index is 1050. The molecule has 6 nitrogen and oxygen atoms in total. The van der Waals surface area contributed by atoms with Crippen LogP contribution in [-0.4, -0.2) is 57.9 Å². The number of hydrogen-bond acceptors (Lipinski definition) is 4. The van der Waals surface area contributed by atoms with E-state index in [-0.39, 0.29) is 11.5 Å². The van der Waals surface area contributed by atoms with Crippen LogP contribution in [-0.2, 0) is 11.2 Å². The summed E-state index contributed by atoms with van der Waals surface area (Å²) in [7, 11) is 0. The average Bonchev–Trinajstić information content (AvgIpc) is 3.00. The van der Waals surface area contributed by atoms with E-state index in [0.717, 1.165) is 26.2 Å². The molecule has 0 spiro atoms. The molecule has 0 atom stereocenters. The number of hydrogen-bond donors (Lipinski definition) is 1. The average molecular weight is 463 g/mol. The molecule has 1 aliphatic heterocycles. The van der Waals surface area contributed by atoms with E-state index in [0.29, 0.717) is 35.6 Å². The summed E-state index contributed by atoms with van der Waals surface area (Å²) in [6, 6.07) is 15.6. The number of H-pyrrole nitrogens is 1. The molecule has 1 amide bonds. The van der Waals surface area contributed by atoms with Gasteiger partial charge in [0.05, 0.1) is 10.9 Å². The molecule has 2 fully saturated rings. The first-order valence-electron chi connectivity index (χ1n) is 13.0. The van der Waals surface area contributed by atoms with Crippen LogP contribution < -0.4 is 5.56 Å². The topological polar surface area (TPSA) is 69.3 Å². The highest BCUT2D eigenvalue weighted by Gasteiger charge is 2.26. The van der Waals surface area contributed by atoms with Crippen LogP contribution in [0.1, 0.15) is 63.6 Å². The normalized spacial score (nSPS) is 18.5. The standard InChI is InChI=1S/C28H38N4O2/c33-27(32-21-19-31(20-22-32)23-13-9-5-1-2-6-10-14-23)18-17-26-29-25-16-12-8-4-3-7-11-15-24(25)28(34)30-26/h3-4,7-8,11-12,15-16,23H,1-2,5-6,9-10,13-14,17-22H2,(H,29,30,34). The maximum absolute atomic E-state index is 12.9. The van der Waals surface area contributed by atoms with Crippen molar-refractivity contribution in [3.63, 3.8) is 0 Å². The van der Waals surface area contributed by atoms with E-state index in [9.17, 15) is 9.59 Å². The number of carbonyl (C=O) groups is 1. The molecule has 1 aromatic heterocycles. The van der Waals surface area contributed by atoms with Crippen molar-refractivity contribution in [1.29, 1.82) is 0 Å². The number of nitrogens with one attached hydrogen (secondary N) is 1. The zero-order valence-corrected chi connectivity index (χ0v) is 20.3. The van der Waals surface area contributed by atoms with Crippen molar-refractivity contribution < 1.29 is 4.79 Å². The molecule has 0 bridgehead atoms. The Kier molecular flexibility index (Phi) is 9.08. The minimum absolute atomic E-state index is 0.153. The highest BCUT2D eigenvalue weighted by Crippen LogP contribution is 2.22. The van der Waals surface area contributed by atoms with Crippen LogP contribution in [0.3, 0.4) is 0 Å². The molecular formula is C28H38N4O2. The fraction of sp³-hybridized carbons (Fsp3) is 0.536. The van der Waals surface area contributed by atoms with E-state index < -0.39 is 0 Å². The second-order valence-corrected chi connectivity index (χ2v) is 9.57. The Hall–Kier alpha value is -2.73. The van der Waals surface area contributed by atoms with Gasteiger partial charge in [-0.15, -0.1) is 0 Å². The predicted octanol–water partition coefficient (Wildman–Crippen LogP) is 4.63. The van der Waals surface area contributed by atoms with E-state index in [2.05, 4.69) is 14.9 Å². The van der Waals surface area contributed by atoms with E-state index in [4.69, 9.17) is 0 Å². The molecular weight excluding hydrogens is 424 g/mol. The van der Waals surface area contributed by atoms with Crippen molar-refractivity contribution in [3.8, 4) is 0 Å². The summed E-state index contributed by atoms with van der Waals surface area (Å²) < 4.78 is 0. The molecule has 1 aliphatic carbocycles. The molecule has 0 unspecified atom stereocenters. The van der Waals surface area contributed by atoms with Crippen molar-refractivity contribution in [2.45, 2.75) is 70.3 Å². The highest BCUT2D eigenvalue weighted by atomic mass is 16.2. The smallest absolute Gasteiger partial charge is 0.258 e. The quantitative estimate of drug-likeness (QED) is 0.719. The van der Waals surface area contributed by atoms with Crippen LogP contribution in [0.5, 0.6) is 0 Å². The summed E-state index contributed by atoms with van der Waals surface area (Å²) >= 11 is 0. The van der Waals surface area contributed by atoms with Crippen LogP contribution in [0.2, 0.25) is 0 Å². The number of aryl methyl sites for hydroxylation is 1. The highest BCUT2D eigenvalue weighted by molar-refractivity contribution is 5.77. The minimum Gasteiger partial charge on any atom is -0.340 e. The van der Waals surface area contributed by atoms with E-state index in [1.807, 2.05) is 47.4 Å². The van der Waals surface area contributed by atoms with Gasteiger partial charge in [0.1, 0.15) is 5.82 Å². The first kappa shape index (κ1) is 24.4. The maximum Gasteiger partial charge on any atom is 0.258 e. The van der Waals surface area contributed by atoms with Crippen LogP contribution in [0, 0.1) is 0 Å². The number of amides is 1. The van der Waals surface area contributed by atoms with Crippen molar-refractivity contribution in [1.82, 2.24) is 19.8 Å². The van der Waals surface area contributed by atoms with Gasteiger partial charge in [0.25, 0.3) is 5.56 Å². The van der Waals surface area contributed by atoms with Gasteiger partial charge in [-0.25, -0.2) is 4.98 Å². The second-order valence-electron chi connectivity index (χ2n) is 9.57. The fourth-order valence-electron chi connectivity index (χ4n) is 5.21. The van der Waals surface area contributed by atoms with Crippen molar-refractivity contribution in [3.05, 3.63) is 64.7 Å². The van der Waals surface area contributed by atoms with Crippen molar-refractivity contribution >= 4 is 16.8 Å². The summed E-state index contributed by atoms with van der Waals surface area (Å²) in [5.74, 6) is 0.719. The third-order valence-electron chi connectivity index (χ3n) is 7.19. The number of rotatable bonds is 4. The van der Waals surface area contributed by atoms with Gasteiger partial charge >= 0.3 is 0 Å². The van der Waals surface area contributed by atoms with Crippen LogP contribution in [0.15, 0.2) is 53.3 Å². The van der Waals surface area contributed by atoms with E-state index in [1.54, 1.807) is 6.07 Å². The molecule has 1 N–H and O–H groups in total. The molecule has 2 heterocycles. The Morgan fingerprint density at radius 3 is 2.18 bits per heavy atom. The number of aromatic amines is 1. The SMILES string of the molecule is O=C(CCc1nc2ccccccccc2c(=O)[nH]1)N1CCN(C2CCCCCCCC2)CC1. The van der Waals surface area contributed by atoms with Crippen LogP contribution >= 0.6 is 0 Å². The van der Waals surface area contributed by atoms with Gasteiger partial charge in [-0.05, 0) is 25.0 Å². The largest absolute Gasteiger partial charge is 0.340 e. The molecule has 2 aliphatic rings. The van der Waals surface area contributed by atoms with E-state index >= 15 is 0 Å². The molecule has 182 valence electrons. The Morgan fingerprint density at radius 1 is 0.853 bits per heavy atom. The lowest BCUT2D eigenvalue weighted by Crippen LogP contribution is -2.52. The predicted molar refractivity (Wildman–Crippen MR) is 137 cm³/mol. The summed E-state index contributed by atoms with van der Waals surface area (Å²) in [5, 5.41) is 0.535. The van der Waals surface area contributed by atoms with E-state index in [1.165, 1.54) is 51.4 Å². The third-order valence-corrected chi connectivity index (χ3v) is 7.19. The number of carbonyl (C=O) groups excluding carboxylic acids is 1. The van der Waals surface area contributed by atoms with Crippen molar-refractivity contribution in [2.24, 2.45) is 0 Å². The molecule has 2 aromatic rings. The lowest BCUT2D eigenvalue weighted by atomic mass is 10.0.